The van der Waals surface area contributed by atoms with Gasteiger partial charge in [0.1, 0.15) is 0 Å². The highest BCUT2D eigenvalue weighted by atomic mass is 15.3. The van der Waals surface area contributed by atoms with Gasteiger partial charge in [0, 0.05) is 30.8 Å². The van der Waals surface area contributed by atoms with Crippen LogP contribution in [0.4, 0.5) is 0 Å². The first-order valence-electron chi connectivity index (χ1n) is 6.21. The maximum absolute atomic E-state index is 6.09. The molecule has 0 radical (unpaired) electrons. The molecule has 0 aliphatic carbocycles. The number of hydrogen-bond donors (Lipinski definition) is 1. The lowest BCUT2D eigenvalue weighted by molar-refractivity contribution is 0.453. The summed E-state index contributed by atoms with van der Waals surface area (Å²) in [6.07, 6.45) is 7.28. The standard InChI is InChI=1S/C14H15N5/c1-10(15)14(19-7-3-6-18-19)11-8-13-12(17-9-11)4-2-5-16-13/h2-10,14H,15H2,1H3. The molecular weight excluding hydrogens is 238 g/mol. The minimum absolute atomic E-state index is 0.0334. The van der Waals surface area contributed by atoms with E-state index in [0.717, 1.165) is 16.6 Å². The summed E-state index contributed by atoms with van der Waals surface area (Å²) in [6.45, 7) is 1.97. The first kappa shape index (κ1) is 11.8. The molecule has 3 heterocycles. The van der Waals surface area contributed by atoms with Crippen molar-refractivity contribution in [1.29, 1.82) is 0 Å². The quantitative estimate of drug-likeness (QED) is 0.772. The van der Waals surface area contributed by atoms with Crippen molar-refractivity contribution in [3.8, 4) is 0 Å². The highest BCUT2D eigenvalue weighted by molar-refractivity contribution is 5.74. The van der Waals surface area contributed by atoms with Gasteiger partial charge in [-0.15, -0.1) is 0 Å². The largest absolute Gasteiger partial charge is 0.326 e. The Kier molecular flexibility index (Phi) is 2.97. The van der Waals surface area contributed by atoms with E-state index < -0.39 is 0 Å². The van der Waals surface area contributed by atoms with Crippen molar-refractivity contribution < 1.29 is 0 Å². The van der Waals surface area contributed by atoms with Gasteiger partial charge >= 0.3 is 0 Å². The Bertz CT molecular complexity index is 675. The third-order valence-corrected chi connectivity index (χ3v) is 3.12. The van der Waals surface area contributed by atoms with Crippen LogP contribution in [0.15, 0.2) is 49.1 Å². The SMILES string of the molecule is CC(N)C(c1cnc2cccnc2c1)n1cccn1. The van der Waals surface area contributed by atoms with Crippen molar-refractivity contribution in [2.75, 3.05) is 0 Å². The molecule has 3 aromatic rings. The highest BCUT2D eigenvalue weighted by Gasteiger charge is 2.19. The third-order valence-electron chi connectivity index (χ3n) is 3.12. The Hall–Kier alpha value is -2.27. The van der Waals surface area contributed by atoms with Gasteiger partial charge in [-0.1, -0.05) is 0 Å². The van der Waals surface area contributed by atoms with Crippen LogP contribution in [-0.2, 0) is 0 Å². The molecule has 0 spiro atoms. The van der Waals surface area contributed by atoms with Gasteiger partial charge in [-0.25, -0.2) is 0 Å². The molecule has 3 rings (SSSR count). The molecule has 3 aromatic heterocycles. The summed E-state index contributed by atoms with van der Waals surface area (Å²) >= 11 is 0. The molecule has 96 valence electrons. The summed E-state index contributed by atoms with van der Waals surface area (Å²) in [5.41, 5.74) is 8.87. The van der Waals surface area contributed by atoms with Crippen molar-refractivity contribution >= 4 is 11.0 Å². The van der Waals surface area contributed by atoms with Crippen LogP contribution in [0.25, 0.3) is 11.0 Å². The minimum atomic E-state index is -0.0668. The van der Waals surface area contributed by atoms with E-state index in [-0.39, 0.29) is 12.1 Å². The summed E-state index contributed by atoms with van der Waals surface area (Å²) in [6, 6.07) is 7.64. The van der Waals surface area contributed by atoms with E-state index >= 15 is 0 Å². The van der Waals surface area contributed by atoms with Gasteiger partial charge < -0.3 is 5.73 Å². The molecule has 0 fully saturated rings. The van der Waals surface area contributed by atoms with Crippen molar-refractivity contribution in [2.24, 2.45) is 5.73 Å². The Morgan fingerprint density at radius 3 is 2.79 bits per heavy atom. The predicted molar refractivity (Wildman–Crippen MR) is 73.6 cm³/mol. The zero-order chi connectivity index (χ0) is 13.2. The maximum atomic E-state index is 6.09. The van der Waals surface area contributed by atoms with Crippen LogP contribution in [0.5, 0.6) is 0 Å². The van der Waals surface area contributed by atoms with Crippen LogP contribution >= 0.6 is 0 Å². The molecule has 5 nitrogen and oxygen atoms in total. The molecule has 0 bridgehead atoms. The van der Waals surface area contributed by atoms with E-state index in [1.807, 2.05) is 48.3 Å². The van der Waals surface area contributed by atoms with Gasteiger partial charge in [-0.05, 0) is 36.8 Å². The fourth-order valence-corrected chi connectivity index (χ4v) is 2.27. The van der Waals surface area contributed by atoms with Gasteiger partial charge in [0.15, 0.2) is 0 Å². The first-order valence-corrected chi connectivity index (χ1v) is 6.21. The number of pyridine rings is 2. The number of hydrogen-bond acceptors (Lipinski definition) is 4. The fourth-order valence-electron chi connectivity index (χ4n) is 2.27. The Labute approximate surface area is 111 Å². The van der Waals surface area contributed by atoms with Crippen LogP contribution < -0.4 is 5.73 Å². The van der Waals surface area contributed by atoms with Crippen molar-refractivity contribution in [3.05, 3.63) is 54.6 Å². The number of fused-ring (bicyclic) bond motifs is 1. The molecule has 5 heteroatoms. The summed E-state index contributed by atoms with van der Waals surface area (Å²) in [4.78, 5) is 8.77. The van der Waals surface area contributed by atoms with Gasteiger partial charge in [0.05, 0.1) is 17.1 Å². The number of rotatable bonds is 3. The van der Waals surface area contributed by atoms with Crippen LogP contribution in [-0.4, -0.2) is 25.8 Å². The second kappa shape index (κ2) is 4.78. The second-order valence-corrected chi connectivity index (χ2v) is 4.60. The molecule has 2 unspecified atom stereocenters. The minimum Gasteiger partial charge on any atom is -0.326 e. The molecule has 2 atom stereocenters. The first-order chi connectivity index (χ1) is 9.25. The van der Waals surface area contributed by atoms with E-state index in [9.17, 15) is 0 Å². The number of nitrogens with zero attached hydrogens (tertiary/aromatic N) is 4. The lowest BCUT2D eigenvalue weighted by Gasteiger charge is -2.21. The summed E-state index contributed by atoms with van der Waals surface area (Å²) in [5, 5.41) is 4.28. The molecule has 0 amide bonds. The van der Waals surface area contributed by atoms with Crippen molar-refractivity contribution in [3.63, 3.8) is 0 Å². The average molecular weight is 253 g/mol. The fraction of sp³-hybridized carbons (Fsp3) is 0.214. The summed E-state index contributed by atoms with van der Waals surface area (Å²) in [7, 11) is 0. The van der Waals surface area contributed by atoms with E-state index in [4.69, 9.17) is 5.73 Å². The lowest BCUT2D eigenvalue weighted by atomic mass is 10.0. The molecule has 0 aliphatic heterocycles. The van der Waals surface area contributed by atoms with Crippen LogP contribution in [0.2, 0.25) is 0 Å². The normalized spacial score (nSPS) is 14.4. The van der Waals surface area contributed by atoms with Crippen molar-refractivity contribution in [2.45, 2.75) is 19.0 Å². The zero-order valence-corrected chi connectivity index (χ0v) is 10.6. The number of nitrogens with two attached hydrogens (primary N) is 1. The van der Waals surface area contributed by atoms with Gasteiger partial charge in [0.25, 0.3) is 0 Å². The smallest absolute Gasteiger partial charge is 0.0932 e. The van der Waals surface area contributed by atoms with Gasteiger partial charge in [-0.2, -0.15) is 5.10 Å². The third kappa shape index (κ3) is 2.20. The van der Waals surface area contributed by atoms with Crippen molar-refractivity contribution in [1.82, 2.24) is 19.7 Å². The topological polar surface area (TPSA) is 69.6 Å². The molecule has 19 heavy (non-hydrogen) atoms. The van der Waals surface area contributed by atoms with Crippen LogP contribution in [0.1, 0.15) is 18.5 Å². The summed E-state index contributed by atoms with van der Waals surface area (Å²) < 4.78 is 1.86. The van der Waals surface area contributed by atoms with Gasteiger partial charge in [0.2, 0.25) is 0 Å². The molecule has 0 saturated carbocycles. The van der Waals surface area contributed by atoms with E-state index in [1.54, 1.807) is 12.4 Å². The molecular formula is C14H15N5. The Morgan fingerprint density at radius 1 is 1.16 bits per heavy atom. The molecule has 0 saturated heterocycles. The Balaban J connectivity index is 2.10. The maximum Gasteiger partial charge on any atom is 0.0932 e. The molecule has 0 aromatic carbocycles. The monoisotopic (exact) mass is 253 g/mol. The van der Waals surface area contributed by atoms with Gasteiger partial charge in [-0.3, -0.25) is 14.6 Å². The summed E-state index contributed by atoms with van der Waals surface area (Å²) in [5.74, 6) is 0. The zero-order valence-electron chi connectivity index (χ0n) is 10.6. The van der Waals surface area contributed by atoms with E-state index in [2.05, 4.69) is 15.1 Å². The van der Waals surface area contributed by atoms with E-state index in [0.29, 0.717) is 0 Å². The highest BCUT2D eigenvalue weighted by Crippen LogP contribution is 2.22. The second-order valence-electron chi connectivity index (χ2n) is 4.60. The average Bonchev–Trinajstić information content (AvgIpc) is 2.92. The molecule has 0 aliphatic rings. The molecule has 2 N–H and O–H groups in total. The predicted octanol–water partition coefficient (Wildman–Crippen LogP) is 1.76. The Morgan fingerprint density at radius 2 is 2.05 bits per heavy atom. The lowest BCUT2D eigenvalue weighted by Crippen LogP contribution is -2.30. The van der Waals surface area contributed by atoms with E-state index in [1.165, 1.54) is 0 Å². The van der Waals surface area contributed by atoms with Crippen LogP contribution in [0, 0.1) is 0 Å². The number of aromatic nitrogens is 4. The van der Waals surface area contributed by atoms with Crippen LogP contribution in [0.3, 0.4) is 0 Å².